The topological polar surface area (TPSA) is 83.0 Å². The highest BCUT2D eigenvalue weighted by Crippen LogP contribution is 2.40. The predicted octanol–water partition coefficient (Wildman–Crippen LogP) is 1.90. The quantitative estimate of drug-likeness (QED) is 0.470. The van der Waals surface area contributed by atoms with E-state index in [1.54, 1.807) is 29.4 Å². The SMILES string of the molecule is O=C1C(=O)N(CCN2CCOCC2)[C@@H](c2cccs2)/C1=C(\O)c1ccncc1. The summed E-state index contributed by atoms with van der Waals surface area (Å²) < 4.78 is 5.37. The second kappa shape index (κ2) is 8.22. The average Bonchev–Trinajstić information content (AvgIpc) is 3.35. The molecule has 0 radical (unpaired) electrons. The van der Waals surface area contributed by atoms with Gasteiger partial charge in [-0.25, -0.2) is 0 Å². The molecule has 2 aliphatic rings. The van der Waals surface area contributed by atoms with E-state index in [0.29, 0.717) is 31.9 Å². The first-order valence-electron chi connectivity index (χ1n) is 9.19. The highest BCUT2D eigenvalue weighted by molar-refractivity contribution is 7.10. The van der Waals surface area contributed by atoms with Gasteiger partial charge in [-0.1, -0.05) is 6.07 Å². The van der Waals surface area contributed by atoms with Crippen LogP contribution < -0.4 is 0 Å². The van der Waals surface area contributed by atoms with Crippen molar-refractivity contribution in [3.63, 3.8) is 0 Å². The van der Waals surface area contributed by atoms with Gasteiger partial charge in [0.2, 0.25) is 0 Å². The Morgan fingerprint density at radius 1 is 1.18 bits per heavy atom. The maximum Gasteiger partial charge on any atom is 0.295 e. The average molecular weight is 399 g/mol. The summed E-state index contributed by atoms with van der Waals surface area (Å²) in [5.74, 6) is -1.37. The monoisotopic (exact) mass is 399 g/mol. The van der Waals surface area contributed by atoms with E-state index in [1.807, 2.05) is 17.5 Å². The molecule has 0 spiro atoms. The molecule has 0 bridgehead atoms. The Balaban J connectivity index is 1.68. The number of amides is 1. The van der Waals surface area contributed by atoms with Crippen molar-refractivity contribution in [2.24, 2.45) is 0 Å². The number of hydrogen-bond acceptors (Lipinski definition) is 7. The summed E-state index contributed by atoms with van der Waals surface area (Å²) in [6.45, 7) is 4.05. The number of aliphatic hydroxyl groups is 1. The Hall–Kier alpha value is -2.55. The number of hydrogen-bond donors (Lipinski definition) is 1. The smallest absolute Gasteiger partial charge is 0.295 e. The van der Waals surface area contributed by atoms with Gasteiger partial charge in [-0.3, -0.25) is 19.5 Å². The van der Waals surface area contributed by atoms with Crippen molar-refractivity contribution in [3.05, 3.63) is 58.1 Å². The van der Waals surface area contributed by atoms with E-state index in [9.17, 15) is 14.7 Å². The number of aromatic nitrogens is 1. The number of thiophene rings is 1. The molecule has 1 amide bonds. The lowest BCUT2D eigenvalue weighted by molar-refractivity contribution is -0.140. The molecule has 146 valence electrons. The molecule has 8 heteroatoms. The van der Waals surface area contributed by atoms with Crippen molar-refractivity contribution in [3.8, 4) is 0 Å². The molecular formula is C20H21N3O4S. The predicted molar refractivity (Wildman–Crippen MR) is 105 cm³/mol. The second-order valence-electron chi connectivity index (χ2n) is 6.70. The molecule has 2 aromatic heterocycles. The van der Waals surface area contributed by atoms with Gasteiger partial charge in [0.25, 0.3) is 11.7 Å². The maximum atomic E-state index is 12.8. The molecule has 2 saturated heterocycles. The molecule has 2 fully saturated rings. The Morgan fingerprint density at radius 2 is 1.93 bits per heavy atom. The Morgan fingerprint density at radius 3 is 2.61 bits per heavy atom. The normalized spacial score (nSPS) is 22.7. The number of Topliss-reactive ketones (excluding diaryl/α,β-unsaturated/α-hetero) is 1. The fourth-order valence-corrected chi connectivity index (χ4v) is 4.44. The van der Waals surface area contributed by atoms with Crippen LogP contribution in [0, 0.1) is 0 Å². The third-order valence-corrected chi connectivity index (χ3v) is 5.99. The lowest BCUT2D eigenvalue weighted by atomic mass is 10.0. The second-order valence-corrected chi connectivity index (χ2v) is 7.68. The van der Waals surface area contributed by atoms with E-state index in [1.165, 1.54) is 11.3 Å². The van der Waals surface area contributed by atoms with Crippen LogP contribution in [-0.4, -0.2) is 71.0 Å². The van der Waals surface area contributed by atoms with Crippen molar-refractivity contribution in [1.82, 2.24) is 14.8 Å². The number of pyridine rings is 1. The Bertz CT molecular complexity index is 876. The fourth-order valence-electron chi connectivity index (χ4n) is 3.59. The molecule has 1 atom stereocenters. The van der Waals surface area contributed by atoms with Crippen molar-refractivity contribution < 1.29 is 19.4 Å². The van der Waals surface area contributed by atoms with Crippen LogP contribution in [0.15, 0.2) is 47.6 Å². The van der Waals surface area contributed by atoms with Gasteiger partial charge in [-0.15, -0.1) is 11.3 Å². The van der Waals surface area contributed by atoms with E-state index in [4.69, 9.17) is 4.74 Å². The summed E-state index contributed by atoms with van der Waals surface area (Å²) in [5, 5.41) is 12.7. The maximum absolute atomic E-state index is 12.8. The number of rotatable bonds is 5. The van der Waals surface area contributed by atoms with Crippen LogP contribution in [0.3, 0.4) is 0 Å². The van der Waals surface area contributed by atoms with Crippen LogP contribution in [-0.2, 0) is 14.3 Å². The minimum absolute atomic E-state index is 0.139. The van der Waals surface area contributed by atoms with E-state index < -0.39 is 17.7 Å². The first-order valence-corrected chi connectivity index (χ1v) is 10.1. The van der Waals surface area contributed by atoms with Crippen LogP contribution >= 0.6 is 11.3 Å². The standard InChI is InChI=1S/C20H21N3O4S/c24-18(14-3-5-21-6-4-14)16-17(15-2-1-13-28-15)23(20(26)19(16)25)8-7-22-9-11-27-12-10-22/h1-6,13,17,24H,7-12H2/b18-16+/t17-/m0/s1. The molecule has 4 heterocycles. The van der Waals surface area contributed by atoms with E-state index in [-0.39, 0.29) is 11.3 Å². The number of carbonyl (C=O) groups excluding carboxylic acids is 2. The zero-order valence-electron chi connectivity index (χ0n) is 15.3. The summed E-state index contributed by atoms with van der Waals surface area (Å²) in [6, 6.07) is 6.45. The van der Waals surface area contributed by atoms with Gasteiger partial charge in [-0.2, -0.15) is 0 Å². The lowest BCUT2D eigenvalue weighted by Crippen LogP contribution is -2.42. The number of ether oxygens (including phenoxy) is 1. The Labute approximate surface area is 166 Å². The number of ketones is 1. The number of likely N-dealkylation sites (tertiary alicyclic amines) is 1. The van der Waals surface area contributed by atoms with Crippen LogP contribution in [0.25, 0.3) is 5.76 Å². The first-order chi connectivity index (χ1) is 13.7. The molecule has 4 rings (SSSR count). The molecule has 0 aliphatic carbocycles. The summed E-state index contributed by atoms with van der Waals surface area (Å²) in [6.07, 6.45) is 3.09. The van der Waals surface area contributed by atoms with Crippen molar-refractivity contribution >= 4 is 28.8 Å². The minimum Gasteiger partial charge on any atom is -0.507 e. The van der Waals surface area contributed by atoms with Gasteiger partial charge in [0.05, 0.1) is 24.8 Å². The molecule has 28 heavy (non-hydrogen) atoms. The molecule has 7 nitrogen and oxygen atoms in total. The largest absolute Gasteiger partial charge is 0.507 e. The molecule has 0 unspecified atom stereocenters. The van der Waals surface area contributed by atoms with Gasteiger partial charge in [0, 0.05) is 49.0 Å². The van der Waals surface area contributed by atoms with Gasteiger partial charge in [0.1, 0.15) is 5.76 Å². The summed E-state index contributed by atoms with van der Waals surface area (Å²) in [4.78, 5) is 34.2. The molecule has 2 aliphatic heterocycles. The number of morpholine rings is 1. The highest BCUT2D eigenvalue weighted by Gasteiger charge is 2.46. The van der Waals surface area contributed by atoms with Crippen molar-refractivity contribution in [2.75, 3.05) is 39.4 Å². The minimum atomic E-state index is -0.644. The van der Waals surface area contributed by atoms with Gasteiger partial charge in [-0.05, 0) is 23.6 Å². The molecule has 1 N–H and O–H groups in total. The van der Waals surface area contributed by atoms with Crippen LogP contribution in [0.5, 0.6) is 0 Å². The van der Waals surface area contributed by atoms with Crippen LogP contribution in [0.1, 0.15) is 16.5 Å². The molecule has 2 aromatic rings. The fraction of sp³-hybridized carbons (Fsp3) is 0.350. The van der Waals surface area contributed by atoms with Gasteiger partial charge in [0.15, 0.2) is 0 Å². The number of carbonyl (C=O) groups is 2. The zero-order chi connectivity index (χ0) is 19.5. The summed E-state index contributed by atoms with van der Waals surface area (Å²) >= 11 is 1.47. The summed E-state index contributed by atoms with van der Waals surface area (Å²) in [7, 11) is 0. The van der Waals surface area contributed by atoms with Crippen LogP contribution in [0.2, 0.25) is 0 Å². The highest BCUT2D eigenvalue weighted by atomic mass is 32.1. The molecule has 0 aromatic carbocycles. The van der Waals surface area contributed by atoms with Crippen molar-refractivity contribution in [2.45, 2.75) is 6.04 Å². The first kappa shape index (κ1) is 18.8. The third kappa shape index (κ3) is 3.58. The van der Waals surface area contributed by atoms with Gasteiger partial charge >= 0.3 is 0 Å². The molecular weight excluding hydrogens is 378 g/mol. The number of aliphatic hydroxyl groups excluding tert-OH is 1. The zero-order valence-corrected chi connectivity index (χ0v) is 16.1. The van der Waals surface area contributed by atoms with Crippen molar-refractivity contribution in [1.29, 1.82) is 0 Å². The van der Waals surface area contributed by atoms with E-state index in [0.717, 1.165) is 18.0 Å². The van der Waals surface area contributed by atoms with E-state index in [2.05, 4.69) is 9.88 Å². The third-order valence-electron chi connectivity index (χ3n) is 5.07. The Kier molecular flexibility index (Phi) is 5.52. The molecule has 0 saturated carbocycles. The number of nitrogens with zero attached hydrogens (tertiary/aromatic N) is 3. The summed E-state index contributed by atoms with van der Waals surface area (Å²) in [5.41, 5.74) is 0.614. The van der Waals surface area contributed by atoms with Gasteiger partial charge < -0.3 is 14.7 Å². The van der Waals surface area contributed by atoms with Crippen LogP contribution in [0.4, 0.5) is 0 Å². The van der Waals surface area contributed by atoms with E-state index >= 15 is 0 Å². The lowest BCUT2D eigenvalue weighted by Gasteiger charge is -2.30.